The quantitative estimate of drug-likeness (QED) is 0.387. The summed E-state index contributed by atoms with van der Waals surface area (Å²) < 4.78 is 1.73. The molecule has 0 saturated carbocycles. The number of nitrogen functional groups attached to an aromatic ring is 1. The summed E-state index contributed by atoms with van der Waals surface area (Å²) in [5, 5.41) is 6.59. The molecule has 2 atom stereocenters. The van der Waals surface area contributed by atoms with Crippen molar-refractivity contribution in [3.05, 3.63) is 87.5 Å². The van der Waals surface area contributed by atoms with Crippen molar-refractivity contribution in [2.75, 3.05) is 5.73 Å². The normalized spacial score (nSPS) is 20.4. The summed E-state index contributed by atoms with van der Waals surface area (Å²) in [7, 11) is 0. The molecule has 1 saturated heterocycles. The molecule has 2 unspecified atom stereocenters. The van der Waals surface area contributed by atoms with Crippen molar-refractivity contribution < 1.29 is 9.59 Å². The number of ketones is 1. The number of imidazole rings is 1. The molecule has 0 spiro atoms. The van der Waals surface area contributed by atoms with Crippen LogP contribution in [0.1, 0.15) is 23.4 Å². The van der Waals surface area contributed by atoms with Crippen molar-refractivity contribution in [3.8, 4) is 5.82 Å². The average molecular weight is 510 g/mol. The Labute approximate surface area is 209 Å². The zero-order valence-corrected chi connectivity index (χ0v) is 20.5. The van der Waals surface area contributed by atoms with Gasteiger partial charge in [0.2, 0.25) is 11.9 Å². The molecule has 0 radical (unpaired) electrons. The molecule has 1 amide bonds. The van der Waals surface area contributed by atoms with Gasteiger partial charge in [-0.1, -0.05) is 29.8 Å². The minimum atomic E-state index is -1.09. The van der Waals surface area contributed by atoms with Crippen molar-refractivity contribution in [3.63, 3.8) is 0 Å². The van der Waals surface area contributed by atoms with Gasteiger partial charge in [0.05, 0.1) is 16.9 Å². The number of amides is 1. The number of aryl methyl sites for hydroxylation is 1. The van der Waals surface area contributed by atoms with Gasteiger partial charge >= 0.3 is 0 Å². The summed E-state index contributed by atoms with van der Waals surface area (Å²) >= 11 is 8.93. The summed E-state index contributed by atoms with van der Waals surface area (Å²) in [4.78, 5) is 36.5. The fourth-order valence-corrected chi connectivity index (χ4v) is 6.10. The van der Waals surface area contributed by atoms with Gasteiger partial charge in [-0.05, 0) is 53.6 Å². The van der Waals surface area contributed by atoms with E-state index in [1.165, 1.54) is 23.1 Å². The van der Waals surface area contributed by atoms with E-state index in [4.69, 9.17) is 22.3 Å². The number of piperidine rings is 1. The number of nitrogens with zero attached hydrogens (tertiary/aromatic N) is 3. The number of aromatic nitrogens is 3. The van der Waals surface area contributed by atoms with Gasteiger partial charge in [0, 0.05) is 17.0 Å². The van der Waals surface area contributed by atoms with Crippen LogP contribution >= 0.6 is 34.7 Å². The zero-order valence-electron chi connectivity index (χ0n) is 18.1. The summed E-state index contributed by atoms with van der Waals surface area (Å²) in [5.74, 6) is 0.309. The number of nitrogens with two attached hydrogens (primary N) is 1. The average Bonchev–Trinajstić information content (AvgIpc) is 3.48. The molecule has 172 valence electrons. The molecule has 10 heteroatoms. The van der Waals surface area contributed by atoms with Crippen molar-refractivity contribution >= 4 is 52.3 Å². The highest BCUT2D eigenvalue weighted by Crippen LogP contribution is 2.41. The van der Waals surface area contributed by atoms with Gasteiger partial charge < -0.3 is 11.1 Å². The minimum Gasteiger partial charge on any atom is -0.369 e. The Bertz CT molecular complexity index is 1350. The number of halogens is 1. The first-order chi connectivity index (χ1) is 16.4. The van der Waals surface area contributed by atoms with Gasteiger partial charge in [0.15, 0.2) is 5.78 Å². The van der Waals surface area contributed by atoms with Gasteiger partial charge in [0.1, 0.15) is 16.6 Å². The number of thioether (sulfide) groups is 1. The summed E-state index contributed by atoms with van der Waals surface area (Å²) in [6, 6.07) is 14.6. The Morgan fingerprint density at radius 3 is 2.71 bits per heavy atom. The summed E-state index contributed by atoms with van der Waals surface area (Å²) in [6.07, 6.45) is 1.73. The number of thiophene rings is 1. The highest BCUT2D eigenvalue weighted by atomic mass is 35.5. The summed E-state index contributed by atoms with van der Waals surface area (Å²) in [5.41, 5.74) is 7.15. The van der Waals surface area contributed by atoms with Crippen LogP contribution in [-0.4, -0.2) is 31.5 Å². The topological polar surface area (TPSA) is 103 Å². The highest BCUT2D eigenvalue weighted by molar-refractivity contribution is 8.01. The van der Waals surface area contributed by atoms with Crippen LogP contribution < -0.4 is 11.1 Å². The second kappa shape index (κ2) is 8.90. The monoisotopic (exact) mass is 509 g/mol. The van der Waals surface area contributed by atoms with E-state index in [1.807, 2.05) is 54.1 Å². The van der Waals surface area contributed by atoms with Crippen LogP contribution in [0.4, 0.5) is 5.95 Å². The van der Waals surface area contributed by atoms with Gasteiger partial charge in [-0.3, -0.25) is 14.2 Å². The lowest BCUT2D eigenvalue weighted by Crippen LogP contribution is -2.58. The number of carbonyl (C=O) groups excluding carboxylic acids is 2. The molecule has 34 heavy (non-hydrogen) atoms. The Morgan fingerprint density at radius 2 is 2.03 bits per heavy atom. The number of nitrogens with one attached hydrogen (secondary N) is 1. The molecule has 1 aliphatic rings. The van der Waals surface area contributed by atoms with E-state index in [-0.39, 0.29) is 18.1 Å². The predicted molar refractivity (Wildman–Crippen MR) is 134 cm³/mol. The SMILES string of the molecule is Cc1cnc(N)n1-c1cccc(C2(c3ccsc3)CC(=O)C(Sc3ccccc3Cl)C(=O)N2)n1. The Morgan fingerprint density at radius 1 is 1.21 bits per heavy atom. The predicted octanol–water partition coefficient (Wildman–Crippen LogP) is 4.37. The van der Waals surface area contributed by atoms with E-state index in [9.17, 15) is 9.59 Å². The van der Waals surface area contributed by atoms with Crippen LogP contribution in [0.15, 0.2) is 70.4 Å². The number of anilines is 1. The van der Waals surface area contributed by atoms with E-state index in [0.29, 0.717) is 27.4 Å². The molecule has 4 aromatic rings. The lowest BCUT2D eigenvalue weighted by molar-refractivity contribution is -0.133. The minimum absolute atomic E-state index is 0.0619. The van der Waals surface area contributed by atoms with Crippen molar-refractivity contribution in [1.82, 2.24) is 19.9 Å². The fourth-order valence-electron chi connectivity index (χ4n) is 4.13. The number of hydrogen-bond acceptors (Lipinski definition) is 7. The van der Waals surface area contributed by atoms with Gasteiger partial charge in [0.25, 0.3) is 0 Å². The van der Waals surface area contributed by atoms with Crippen LogP contribution in [0.25, 0.3) is 5.82 Å². The first kappa shape index (κ1) is 22.6. The molecule has 7 nitrogen and oxygen atoms in total. The van der Waals surface area contributed by atoms with Crippen LogP contribution in [0, 0.1) is 6.92 Å². The summed E-state index contributed by atoms with van der Waals surface area (Å²) in [6.45, 7) is 1.88. The molecule has 0 aliphatic carbocycles. The van der Waals surface area contributed by atoms with Crippen molar-refractivity contribution in [1.29, 1.82) is 0 Å². The third-order valence-electron chi connectivity index (χ3n) is 5.77. The van der Waals surface area contributed by atoms with E-state index in [1.54, 1.807) is 22.9 Å². The van der Waals surface area contributed by atoms with Crippen LogP contribution in [-0.2, 0) is 15.1 Å². The second-order valence-corrected chi connectivity index (χ2v) is 10.3. The third kappa shape index (κ3) is 3.89. The molecular formula is C24H20ClN5O2S2. The Balaban J connectivity index is 1.55. The molecule has 3 N–H and O–H groups in total. The molecule has 3 aromatic heterocycles. The standard InChI is InChI=1S/C24H20ClN5O2S2/c1-14-12-27-23(26)30(14)20-8-4-7-19(28-20)24(15-9-10-33-13-15)11-17(31)21(22(32)29-24)34-18-6-3-2-5-16(18)25/h2-10,12-13,21H,11H2,1H3,(H2,26,27)(H,29,32). The number of rotatable bonds is 5. The van der Waals surface area contributed by atoms with Crippen LogP contribution in [0.5, 0.6) is 0 Å². The second-order valence-electron chi connectivity index (χ2n) is 7.95. The zero-order chi connectivity index (χ0) is 23.9. The number of hydrogen-bond donors (Lipinski definition) is 2. The van der Waals surface area contributed by atoms with Gasteiger partial charge in [-0.25, -0.2) is 9.97 Å². The molecule has 0 bridgehead atoms. The number of pyridine rings is 1. The first-order valence-electron chi connectivity index (χ1n) is 10.5. The Kier molecular flexibility index (Phi) is 5.93. The molecule has 5 rings (SSSR count). The fraction of sp³-hybridized carbons (Fsp3) is 0.167. The molecule has 1 fully saturated rings. The van der Waals surface area contributed by atoms with Crippen molar-refractivity contribution in [2.45, 2.75) is 29.0 Å². The lowest BCUT2D eigenvalue weighted by atomic mass is 9.79. The van der Waals surface area contributed by atoms with E-state index in [0.717, 1.165) is 11.3 Å². The molecular weight excluding hydrogens is 490 g/mol. The Hall–Kier alpha value is -3.14. The molecule has 4 heterocycles. The van der Waals surface area contributed by atoms with E-state index in [2.05, 4.69) is 10.3 Å². The number of benzene rings is 1. The molecule has 1 aliphatic heterocycles. The smallest absolute Gasteiger partial charge is 0.242 e. The van der Waals surface area contributed by atoms with Gasteiger partial charge in [-0.15, -0.1) is 11.8 Å². The van der Waals surface area contributed by atoms with Crippen LogP contribution in [0.2, 0.25) is 5.02 Å². The molecule has 1 aromatic carbocycles. The van der Waals surface area contributed by atoms with Crippen molar-refractivity contribution in [2.24, 2.45) is 0 Å². The van der Waals surface area contributed by atoms with Gasteiger partial charge in [-0.2, -0.15) is 11.3 Å². The number of Topliss-reactive ketones (excluding diaryl/α,β-unsaturated/α-hetero) is 1. The first-order valence-corrected chi connectivity index (χ1v) is 12.7. The van der Waals surface area contributed by atoms with Crippen LogP contribution in [0.3, 0.4) is 0 Å². The largest absolute Gasteiger partial charge is 0.369 e. The highest BCUT2D eigenvalue weighted by Gasteiger charge is 2.48. The third-order valence-corrected chi connectivity index (χ3v) is 8.22. The van der Waals surface area contributed by atoms with E-state index >= 15 is 0 Å². The number of carbonyl (C=O) groups is 2. The maximum Gasteiger partial charge on any atom is 0.242 e. The van der Waals surface area contributed by atoms with E-state index < -0.39 is 10.8 Å². The lowest BCUT2D eigenvalue weighted by Gasteiger charge is -2.39. The maximum absolute atomic E-state index is 13.4. The maximum atomic E-state index is 13.4.